The van der Waals surface area contributed by atoms with Gasteiger partial charge in [0.2, 0.25) is 5.89 Å². The van der Waals surface area contributed by atoms with Gasteiger partial charge in [-0.1, -0.05) is 25.7 Å². The molecule has 1 aromatic heterocycles. The molecule has 1 fully saturated rings. The van der Waals surface area contributed by atoms with Crippen molar-refractivity contribution in [1.29, 1.82) is 0 Å². The van der Waals surface area contributed by atoms with Crippen LogP contribution in [0.15, 0.2) is 39.9 Å². The number of benzene rings is 1. The lowest BCUT2D eigenvalue weighted by Gasteiger charge is -2.16. The number of oxazole rings is 1. The molecule has 25 heavy (non-hydrogen) atoms. The van der Waals surface area contributed by atoms with Crippen LogP contribution in [0, 0.1) is 5.82 Å². The van der Waals surface area contributed by atoms with Gasteiger partial charge in [0, 0.05) is 24.6 Å². The highest BCUT2D eigenvalue weighted by atomic mass is 19.1. The second-order valence-corrected chi connectivity index (χ2v) is 6.50. The molecule has 0 aliphatic heterocycles. The molecule has 2 aromatic rings. The zero-order valence-corrected chi connectivity index (χ0v) is 14.4. The average molecular weight is 344 g/mol. The summed E-state index contributed by atoms with van der Waals surface area (Å²) in [6, 6.07) is 6.53. The van der Waals surface area contributed by atoms with Crippen LogP contribution < -0.4 is 11.1 Å². The van der Waals surface area contributed by atoms with Crippen molar-refractivity contribution in [1.82, 2.24) is 10.3 Å². The molecule has 0 radical (unpaired) electrons. The number of nitrogens with one attached hydrogen (secondary N) is 1. The third-order valence-corrected chi connectivity index (χ3v) is 4.50. The van der Waals surface area contributed by atoms with E-state index in [9.17, 15) is 4.39 Å². The summed E-state index contributed by atoms with van der Waals surface area (Å²) in [6.07, 6.45) is 9.75. The Hall–Kier alpha value is -2.37. The van der Waals surface area contributed by atoms with Gasteiger partial charge in [-0.2, -0.15) is 0 Å². The van der Waals surface area contributed by atoms with Crippen LogP contribution in [0.1, 0.15) is 44.2 Å². The monoisotopic (exact) mass is 344 g/mol. The Morgan fingerprint density at radius 1 is 1.20 bits per heavy atom. The van der Waals surface area contributed by atoms with Gasteiger partial charge in [0.05, 0.1) is 5.69 Å². The maximum Gasteiger partial charge on any atom is 0.226 e. The Balaban J connectivity index is 1.49. The van der Waals surface area contributed by atoms with Crippen LogP contribution in [-0.2, 0) is 6.42 Å². The number of guanidine groups is 1. The molecule has 1 aliphatic carbocycles. The summed E-state index contributed by atoms with van der Waals surface area (Å²) in [7, 11) is 0. The summed E-state index contributed by atoms with van der Waals surface area (Å²) in [4.78, 5) is 8.81. The fourth-order valence-corrected chi connectivity index (χ4v) is 3.12. The van der Waals surface area contributed by atoms with Gasteiger partial charge < -0.3 is 15.5 Å². The van der Waals surface area contributed by atoms with Gasteiger partial charge in [-0.3, -0.25) is 4.99 Å². The van der Waals surface area contributed by atoms with Crippen molar-refractivity contribution >= 4 is 5.96 Å². The van der Waals surface area contributed by atoms with E-state index in [2.05, 4.69) is 15.3 Å². The highest BCUT2D eigenvalue weighted by Gasteiger charge is 2.12. The van der Waals surface area contributed by atoms with Crippen LogP contribution in [0.2, 0.25) is 0 Å². The molecule has 1 heterocycles. The zero-order chi connectivity index (χ0) is 17.5. The van der Waals surface area contributed by atoms with E-state index in [1.807, 2.05) is 0 Å². The average Bonchev–Trinajstić information content (AvgIpc) is 2.92. The second kappa shape index (κ2) is 8.65. The molecular formula is C19H25FN4O. The van der Waals surface area contributed by atoms with Crippen molar-refractivity contribution in [2.24, 2.45) is 10.7 Å². The lowest BCUT2D eigenvalue weighted by Crippen LogP contribution is -2.40. The molecular weight excluding hydrogens is 319 g/mol. The van der Waals surface area contributed by atoms with Crippen molar-refractivity contribution in [3.8, 4) is 11.5 Å². The fourth-order valence-electron chi connectivity index (χ4n) is 3.12. The van der Waals surface area contributed by atoms with Crippen LogP contribution in [0.5, 0.6) is 0 Å². The van der Waals surface area contributed by atoms with E-state index in [0.717, 1.165) is 11.3 Å². The first-order chi connectivity index (χ1) is 12.2. The van der Waals surface area contributed by atoms with Crippen LogP contribution in [-0.4, -0.2) is 23.5 Å². The van der Waals surface area contributed by atoms with Crippen molar-refractivity contribution in [2.75, 3.05) is 6.54 Å². The molecule has 0 amide bonds. The number of rotatable bonds is 5. The van der Waals surface area contributed by atoms with E-state index in [-0.39, 0.29) is 5.82 Å². The Labute approximate surface area is 147 Å². The first kappa shape index (κ1) is 17.5. The third kappa shape index (κ3) is 5.31. The molecule has 0 spiro atoms. The molecule has 1 saturated carbocycles. The Bertz CT molecular complexity index is 688. The van der Waals surface area contributed by atoms with E-state index in [1.54, 1.807) is 18.4 Å². The minimum atomic E-state index is -0.276. The molecule has 0 atom stereocenters. The quantitative estimate of drug-likeness (QED) is 0.493. The predicted octanol–water partition coefficient (Wildman–Crippen LogP) is 3.65. The Kier molecular flexibility index (Phi) is 6.04. The first-order valence-corrected chi connectivity index (χ1v) is 8.97. The molecule has 3 rings (SSSR count). The van der Waals surface area contributed by atoms with E-state index < -0.39 is 0 Å². The number of halogens is 1. The fraction of sp³-hybridized carbons (Fsp3) is 0.474. The molecule has 3 N–H and O–H groups in total. The topological polar surface area (TPSA) is 76.4 Å². The lowest BCUT2D eigenvalue weighted by atomic mass is 10.1. The number of aliphatic imine (C=N–C) groups is 1. The first-order valence-electron chi connectivity index (χ1n) is 8.97. The normalized spacial score (nSPS) is 16.6. The summed E-state index contributed by atoms with van der Waals surface area (Å²) in [5.41, 5.74) is 7.56. The van der Waals surface area contributed by atoms with Crippen molar-refractivity contribution in [3.63, 3.8) is 0 Å². The van der Waals surface area contributed by atoms with Gasteiger partial charge in [-0.05, 0) is 37.1 Å². The Morgan fingerprint density at radius 3 is 2.64 bits per heavy atom. The van der Waals surface area contributed by atoms with Crippen molar-refractivity contribution < 1.29 is 8.81 Å². The molecule has 0 unspecified atom stereocenters. The summed E-state index contributed by atoms with van der Waals surface area (Å²) in [5.74, 6) is 0.721. The largest absolute Gasteiger partial charge is 0.444 e. The van der Waals surface area contributed by atoms with Gasteiger partial charge in [-0.15, -0.1) is 0 Å². The predicted molar refractivity (Wildman–Crippen MR) is 96.7 cm³/mol. The summed E-state index contributed by atoms with van der Waals surface area (Å²) in [5, 5.41) is 3.33. The second-order valence-electron chi connectivity index (χ2n) is 6.50. The molecule has 134 valence electrons. The van der Waals surface area contributed by atoms with E-state index in [1.165, 1.54) is 50.7 Å². The van der Waals surface area contributed by atoms with E-state index >= 15 is 0 Å². The minimum absolute atomic E-state index is 0.276. The number of nitrogens with zero attached hydrogens (tertiary/aromatic N) is 2. The lowest BCUT2D eigenvalue weighted by molar-refractivity contribution is 0.530. The van der Waals surface area contributed by atoms with Crippen LogP contribution in [0.3, 0.4) is 0 Å². The van der Waals surface area contributed by atoms with Crippen LogP contribution in [0.25, 0.3) is 11.5 Å². The molecule has 1 aromatic carbocycles. The van der Waals surface area contributed by atoms with Gasteiger partial charge >= 0.3 is 0 Å². The van der Waals surface area contributed by atoms with Gasteiger partial charge in [0.25, 0.3) is 0 Å². The summed E-state index contributed by atoms with van der Waals surface area (Å²) in [6.45, 7) is 0.556. The summed E-state index contributed by atoms with van der Waals surface area (Å²) >= 11 is 0. The van der Waals surface area contributed by atoms with Crippen LogP contribution in [0.4, 0.5) is 4.39 Å². The van der Waals surface area contributed by atoms with E-state index in [0.29, 0.717) is 30.9 Å². The Morgan fingerprint density at radius 2 is 1.92 bits per heavy atom. The third-order valence-electron chi connectivity index (χ3n) is 4.50. The molecule has 1 aliphatic rings. The maximum atomic E-state index is 13.0. The van der Waals surface area contributed by atoms with Crippen molar-refractivity contribution in [2.45, 2.75) is 51.0 Å². The minimum Gasteiger partial charge on any atom is -0.444 e. The molecule has 0 bridgehead atoms. The molecule has 0 saturated heterocycles. The van der Waals surface area contributed by atoms with Gasteiger partial charge in [0.1, 0.15) is 12.1 Å². The highest BCUT2D eigenvalue weighted by molar-refractivity contribution is 5.78. The number of hydrogen-bond acceptors (Lipinski definition) is 3. The van der Waals surface area contributed by atoms with Crippen LogP contribution >= 0.6 is 0 Å². The maximum absolute atomic E-state index is 13.0. The smallest absolute Gasteiger partial charge is 0.226 e. The number of hydrogen-bond donors (Lipinski definition) is 2. The SMILES string of the molecule is NC(=NCCc1coc(-c2ccc(F)cc2)n1)NC1CCCCCC1. The molecule has 5 nitrogen and oxygen atoms in total. The van der Waals surface area contributed by atoms with Crippen molar-refractivity contribution in [3.05, 3.63) is 42.0 Å². The highest BCUT2D eigenvalue weighted by Crippen LogP contribution is 2.19. The molecule has 6 heteroatoms. The standard InChI is InChI=1S/C19H25FN4O/c20-15-9-7-14(8-10-15)18-23-17(13-25-18)11-12-22-19(21)24-16-5-3-1-2-4-6-16/h7-10,13,16H,1-6,11-12H2,(H3,21,22,24). The van der Waals surface area contributed by atoms with Gasteiger partial charge in [0.15, 0.2) is 5.96 Å². The zero-order valence-electron chi connectivity index (χ0n) is 14.4. The number of aromatic nitrogens is 1. The van der Waals surface area contributed by atoms with Gasteiger partial charge in [-0.25, -0.2) is 9.37 Å². The summed E-state index contributed by atoms with van der Waals surface area (Å²) < 4.78 is 18.4. The van der Waals surface area contributed by atoms with E-state index in [4.69, 9.17) is 10.2 Å². The number of nitrogens with two attached hydrogens (primary N) is 1.